The molecule has 1 aromatic heterocycles. The number of hydrogen-bond donors (Lipinski definition) is 0. The van der Waals surface area contributed by atoms with Gasteiger partial charge in [-0.05, 0) is 25.0 Å². The second-order valence-corrected chi connectivity index (χ2v) is 4.30. The maximum absolute atomic E-state index is 5.97. The number of oxazole rings is 1. The van der Waals surface area contributed by atoms with Gasteiger partial charge in [-0.15, -0.1) is 0 Å². The van der Waals surface area contributed by atoms with E-state index in [0.29, 0.717) is 22.4 Å². The summed E-state index contributed by atoms with van der Waals surface area (Å²) in [6.07, 6.45) is 4.68. The fourth-order valence-corrected chi connectivity index (χ4v) is 1.92. The van der Waals surface area contributed by atoms with E-state index in [1.807, 2.05) is 0 Å². The van der Waals surface area contributed by atoms with Crippen molar-refractivity contribution in [1.29, 1.82) is 0 Å². The molecule has 2 aromatic rings. The average molecular weight is 272 g/mol. The van der Waals surface area contributed by atoms with Gasteiger partial charge in [0.1, 0.15) is 6.26 Å². The Labute approximate surface area is 109 Å². The molecule has 0 fully saturated rings. The minimum Gasteiger partial charge on any atom is -0.490 e. The highest BCUT2D eigenvalue weighted by molar-refractivity contribution is 6.37. The van der Waals surface area contributed by atoms with Gasteiger partial charge in [0.25, 0.3) is 0 Å². The van der Waals surface area contributed by atoms with E-state index in [1.54, 1.807) is 24.5 Å². The Morgan fingerprint density at radius 3 is 2.65 bits per heavy atom. The third-order valence-electron chi connectivity index (χ3n) is 2.23. The van der Waals surface area contributed by atoms with E-state index in [4.69, 9.17) is 32.4 Å². The second kappa shape index (κ2) is 5.94. The maximum Gasteiger partial charge on any atom is 0.180 e. The summed E-state index contributed by atoms with van der Waals surface area (Å²) in [6.45, 7) is 0.538. The Kier molecular flexibility index (Phi) is 4.29. The number of aryl methyl sites for hydroxylation is 1. The highest BCUT2D eigenvalue weighted by Crippen LogP contribution is 2.32. The molecular formula is C12H11Cl2NO2. The van der Waals surface area contributed by atoms with Crippen molar-refractivity contribution in [3.63, 3.8) is 0 Å². The van der Waals surface area contributed by atoms with Crippen molar-refractivity contribution in [2.75, 3.05) is 6.61 Å². The van der Waals surface area contributed by atoms with Crippen molar-refractivity contribution < 1.29 is 9.15 Å². The van der Waals surface area contributed by atoms with Gasteiger partial charge in [0.2, 0.25) is 0 Å². The molecule has 0 saturated heterocycles. The predicted molar refractivity (Wildman–Crippen MR) is 66.8 cm³/mol. The summed E-state index contributed by atoms with van der Waals surface area (Å²) in [6, 6.07) is 5.29. The van der Waals surface area contributed by atoms with Crippen LogP contribution in [0.15, 0.2) is 35.3 Å². The smallest absolute Gasteiger partial charge is 0.180 e. The van der Waals surface area contributed by atoms with Gasteiger partial charge in [0.15, 0.2) is 12.1 Å². The monoisotopic (exact) mass is 271 g/mol. The minimum atomic E-state index is 0.527. The normalized spacial score (nSPS) is 10.5. The van der Waals surface area contributed by atoms with Gasteiger partial charge in [-0.2, -0.15) is 0 Å². The first kappa shape index (κ1) is 12.3. The Hall–Kier alpha value is -1.19. The quantitative estimate of drug-likeness (QED) is 0.772. The molecule has 1 heterocycles. The lowest BCUT2D eigenvalue weighted by atomic mass is 10.2. The molecule has 5 heteroatoms. The van der Waals surface area contributed by atoms with Gasteiger partial charge >= 0.3 is 0 Å². The van der Waals surface area contributed by atoms with Crippen LogP contribution in [0.4, 0.5) is 0 Å². The van der Waals surface area contributed by atoms with Crippen molar-refractivity contribution in [2.45, 2.75) is 12.8 Å². The molecule has 0 N–H and O–H groups in total. The van der Waals surface area contributed by atoms with E-state index in [-0.39, 0.29) is 0 Å². The van der Waals surface area contributed by atoms with Crippen LogP contribution in [0, 0.1) is 0 Å². The molecule has 1 aromatic carbocycles. The first-order valence-electron chi connectivity index (χ1n) is 5.21. The van der Waals surface area contributed by atoms with Crippen molar-refractivity contribution >= 4 is 23.2 Å². The van der Waals surface area contributed by atoms with E-state index in [2.05, 4.69) is 4.98 Å². The van der Waals surface area contributed by atoms with Gasteiger partial charge in [-0.3, -0.25) is 0 Å². The lowest BCUT2D eigenvalue weighted by molar-refractivity contribution is 0.311. The van der Waals surface area contributed by atoms with Crippen LogP contribution in [0.3, 0.4) is 0 Å². The second-order valence-electron chi connectivity index (χ2n) is 3.48. The maximum atomic E-state index is 5.97. The molecule has 0 saturated carbocycles. The van der Waals surface area contributed by atoms with Gasteiger partial charge in [0, 0.05) is 0 Å². The van der Waals surface area contributed by atoms with Crippen LogP contribution >= 0.6 is 23.2 Å². The lowest BCUT2D eigenvalue weighted by Gasteiger charge is -2.08. The van der Waals surface area contributed by atoms with Crippen molar-refractivity contribution in [2.24, 2.45) is 0 Å². The topological polar surface area (TPSA) is 35.3 Å². The van der Waals surface area contributed by atoms with E-state index < -0.39 is 0 Å². The molecule has 0 atom stereocenters. The lowest BCUT2D eigenvalue weighted by Crippen LogP contribution is -2.00. The number of rotatable bonds is 5. The van der Waals surface area contributed by atoms with E-state index in [1.165, 1.54) is 6.39 Å². The number of aromatic nitrogens is 1. The summed E-state index contributed by atoms with van der Waals surface area (Å²) in [5, 5.41) is 1.05. The van der Waals surface area contributed by atoms with Crippen molar-refractivity contribution in [3.05, 3.63) is 46.6 Å². The van der Waals surface area contributed by atoms with Crippen LogP contribution in [0.1, 0.15) is 12.1 Å². The number of nitrogens with zero attached hydrogens (tertiary/aromatic N) is 1. The largest absolute Gasteiger partial charge is 0.490 e. The molecule has 0 unspecified atom stereocenters. The zero-order valence-electron chi connectivity index (χ0n) is 9.03. The van der Waals surface area contributed by atoms with Crippen LogP contribution in [0.25, 0.3) is 0 Å². The van der Waals surface area contributed by atoms with Crippen LogP contribution in [-0.2, 0) is 6.42 Å². The number of para-hydroxylation sites is 1. The van der Waals surface area contributed by atoms with Crippen LogP contribution in [0.2, 0.25) is 10.0 Å². The van der Waals surface area contributed by atoms with Gasteiger partial charge < -0.3 is 9.15 Å². The molecule has 0 radical (unpaired) electrons. The molecule has 3 nitrogen and oxygen atoms in total. The van der Waals surface area contributed by atoms with Gasteiger partial charge in [0.05, 0.1) is 22.3 Å². The molecule has 0 bridgehead atoms. The molecule has 90 valence electrons. The minimum absolute atomic E-state index is 0.527. The van der Waals surface area contributed by atoms with Gasteiger partial charge in [-0.1, -0.05) is 29.3 Å². The molecule has 17 heavy (non-hydrogen) atoms. The Morgan fingerprint density at radius 1 is 1.24 bits per heavy atom. The molecule has 0 spiro atoms. The Morgan fingerprint density at radius 2 is 2.00 bits per heavy atom. The highest BCUT2D eigenvalue weighted by atomic mass is 35.5. The Balaban J connectivity index is 1.82. The number of benzene rings is 1. The van der Waals surface area contributed by atoms with E-state index >= 15 is 0 Å². The summed E-state index contributed by atoms with van der Waals surface area (Å²) in [7, 11) is 0. The fourth-order valence-electron chi connectivity index (χ4n) is 1.41. The molecule has 2 rings (SSSR count). The fraction of sp³-hybridized carbons (Fsp3) is 0.250. The van der Waals surface area contributed by atoms with E-state index in [9.17, 15) is 0 Å². The van der Waals surface area contributed by atoms with Crippen LogP contribution in [0.5, 0.6) is 5.75 Å². The zero-order chi connectivity index (χ0) is 12.1. The number of ether oxygens (including phenoxy) is 1. The van der Waals surface area contributed by atoms with Crippen LogP contribution in [-0.4, -0.2) is 11.6 Å². The SMILES string of the molecule is Clc1cccc(Cl)c1OCCCc1cocn1. The van der Waals surface area contributed by atoms with Crippen molar-refractivity contribution in [3.8, 4) is 5.75 Å². The third kappa shape index (κ3) is 3.38. The molecule has 0 aliphatic heterocycles. The summed E-state index contributed by atoms with van der Waals surface area (Å²) in [4.78, 5) is 4.02. The zero-order valence-corrected chi connectivity index (χ0v) is 10.5. The molecule has 0 aliphatic rings. The number of halogens is 2. The van der Waals surface area contributed by atoms with Crippen molar-refractivity contribution in [1.82, 2.24) is 4.98 Å². The first-order chi connectivity index (χ1) is 8.27. The van der Waals surface area contributed by atoms with Crippen LogP contribution < -0.4 is 4.74 Å². The predicted octanol–water partition coefficient (Wildman–Crippen LogP) is 3.99. The average Bonchev–Trinajstić information content (AvgIpc) is 2.80. The third-order valence-corrected chi connectivity index (χ3v) is 2.82. The molecular weight excluding hydrogens is 261 g/mol. The van der Waals surface area contributed by atoms with Gasteiger partial charge in [-0.25, -0.2) is 4.98 Å². The highest BCUT2D eigenvalue weighted by Gasteiger charge is 2.06. The Bertz CT molecular complexity index is 451. The summed E-state index contributed by atoms with van der Waals surface area (Å²) < 4.78 is 10.4. The first-order valence-corrected chi connectivity index (χ1v) is 5.97. The number of hydrogen-bond acceptors (Lipinski definition) is 3. The van der Waals surface area contributed by atoms with E-state index in [0.717, 1.165) is 18.5 Å². The summed E-state index contributed by atoms with van der Waals surface area (Å²) >= 11 is 11.9. The summed E-state index contributed by atoms with van der Waals surface area (Å²) in [5.41, 5.74) is 0.916. The summed E-state index contributed by atoms with van der Waals surface area (Å²) in [5.74, 6) is 0.538. The molecule has 0 aliphatic carbocycles. The standard InChI is InChI=1S/C12H11Cl2NO2/c13-10-4-1-5-11(14)12(10)17-6-2-3-9-7-16-8-15-9/h1,4-5,7-8H,2-3,6H2. The molecule has 0 amide bonds.